The Morgan fingerprint density at radius 2 is 2.17 bits per heavy atom. The van der Waals surface area contributed by atoms with Crippen LogP contribution < -0.4 is 10.1 Å². The molecule has 0 bridgehead atoms. The Hall–Kier alpha value is -2.34. The highest BCUT2D eigenvalue weighted by molar-refractivity contribution is 6.29. The molecule has 0 aliphatic carbocycles. The molecule has 0 aliphatic heterocycles. The van der Waals surface area contributed by atoms with Crippen molar-refractivity contribution in [2.75, 3.05) is 19.0 Å². The van der Waals surface area contributed by atoms with E-state index in [0.717, 1.165) is 11.4 Å². The second-order valence-corrected chi connectivity index (χ2v) is 5.50. The van der Waals surface area contributed by atoms with E-state index in [1.807, 2.05) is 23.6 Å². The van der Waals surface area contributed by atoms with E-state index in [0.29, 0.717) is 35.0 Å². The lowest BCUT2D eigenvalue weighted by Crippen LogP contribution is -2.12. The fraction of sp³-hybridized carbons (Fsp3) is 0.250. The van der Waals surface area contributed by atoms with Crippen LogP contribution in [0.1, 0.15) is 5.69 Å². The number of pyridine rings is 2. The Morgan fingerprint density at radius 3 is 2.91 bits per heavy atom. The quantitative estimate of drug-likeness (QED) is 0.724. The molecule has 5 nitrogen and oxygen atoms in total. The van der Waals surface area contributed by atoms with Crippen LogP contribution >= 0.6 is 11.6 Å². The monoisotopic (exact) mass is 334 g/mol. The van der Waals surface area contributed by atoms with Crippen LogP contribution in [-0.4, -0.2) is 28.2 Å². The highest BCUT2D eigenvalue weighted by atomic mass is 35.5. The highest BCUT2D eigenvalue weighted by Crippen LogP contribution is 2.28. The normalized spacial score (nSPS) is 11.0. The summed E-state index contributed by atoms with van der Waals surface area (Å²) in [6.45, 7) is 3.15. The van der Waals surface area contributed by atoms with Gasteiger partial charge in [0.15, 0.2) is 5.82 Å². The smallest absolute Gasteiger partial charge is 0.222 e. The first-order chi connectivity index (χ1) is 11.1. The molecule has 3 aromatic rings. The fourth-order valence-corrected chi connectivity index (χ4v) is 2.79. The maximum absolute atomic E-state index is 14.2. The van der Waals surface area contributed by atoms with E-state index in [9.17, 15) is 4.39 Å². The molecule has 3 aromatic heterocycles. The Morgan fingerprint density at radius 1 is 1.35 bits per heavy atom. The summed E-state index contributed by atoms with van der Waals surface area (Å²) in [7, 11) is 1.53. The summed E-state index contributed by atoms with van der Waals surface area (Å²) in [4.78, 5) is 7.90. The van der Waals surface area contributed by atoms with Gasteiger partial charge in [0.25, 0.3) is 0 Å². The van der Waals surface area contributed by atoms with Gasteiger partial charge in [0.1, 0.15) is 5.15 Å². The third-order valence-electron chi connectivity index (χ3n) is 3.64. The van der Waals surface area contributed by atoms with Crippen molar-refractivity contribution >= 4 is 28.2 Å². The second kappa shape index (κ2) is 6.42. The van der Waals surface area contributed by atoms with Crippen LogP contribution in [-0.2, 0) is 6.54 Å². The summed E-state index contributed by atoms with van der Waals surface area (Å²) in [6, 6.07) is 5.46. The van der Waals surface area contributed by atoms with E-state index in [1.165, 1.54) is 13.3 Å². The summed E-state index contributed by atoms with van der Waals surface area (Å²) in [6.07, 6.45) is 2.82. The van der Waals surface area contributed by atoms with Crippen LogP contribution in [0.4, 0.5) is 10.1 Å². The van der Waals surface area contributed by atoms with Gasteiger partial charge in [-0.3, -0.25) is 0 Å². The number of aryl methyl sites for hydroxylation is 1. The van der Waals surface area contributed by atoms with Gasteiger partial charge in [-0.1, -0.05) is 11.6 Å². The lowest BCUT2D eigenvalue weighted by molar-refractivity contribution is 0.402. The van der Waals surface area contributed by atoms with Crippen molar-refractivity contribution < 1.29 is 9.13 Å². The number of ether oxygens (including phenoxy) is 1. The van der Waals surface area contributed by atoms with Gasteiger partial charge in [0.2, 0.25) is 5.88 Å². The predicted octanol–water partition coefficient (Wildman–Crippen LogP) is 3.65. The number of methoxy groups -OCH3 is 1. The molecule has 0 aliphatic rings. The van der Waals surface area contributed by atoms with Gasteiger partial charge in [0, 0.05) is 30.7 Å². The Balaban J connectivity index is 1.84. The van der Waals surface area contributed by atoms with Crippen molar-refractivity contribution in [1.82, 2.24) is 14.5 Å². The number of aromatic nitrogens is 3. The van der Waals surface area contributed by atoms with E-state index >= 15 is 0 Å². The number of hydrogen-bond donors (Lipinski definition) is 1. The average Bonchev–Trinajstić information content (AvgIpc) is 2.86. The molecule has 23 heavy (non-hydrogen) atoms. The first-order valence-electron chi connectivity index (χ1n) is 7.14. The fourth-order valence-electron chi connectivity index (χ4n) is 2.62. The van der Waals surface area contributed by atoms with Gasteiger partial charge in [-0.05, 0) is 25.1 Å². The molecule has 0 unspecified atom stereocenters. The van der Waals surface area contributed by atoms with Crippen LogP contribution in [0.5, 0.6) is 5.88 Å². The molecule has 0 amide bonds. The summed E-state index contributed by atoms with van der Waals surface area (Å²) in [5.74, 6) is 0.0676. The second-order valence-electron chi connectivity index (χ2n) is 5.11. The van der Waals surface area contributed by atoms with Crippen molar-refractivity contribution in [1.29, 1.82) is 0 Å². The van der Waals surface area contributed by atoms with Crippen LogP contribution in [0.25, 0.3) is 10.9 Å². The van der Waals surface area contributed by atoms with Gasteiger partial charge in [-0.2, -0.15) is 0 Å². The molecule has 0 spiro atoms. The topological polar surface area (TPSA) is 52.0 Å². The minimum absolute atomic E-state index is 0.360. The third kappa shape index (κ3) is 3.07. The molecule has 0 radical (unpaired) electrons. The largest absolute Gasteiger partial charge is 0.481 e. The number of nitrogens with one attached hydrogen (secondary N) is 1. The Kier molecular flexibility index (Phi) is 4.34. The number of hydrogen-bond acceptors (Lipinski definition) is 4. The van der Waals surface area contributed by atoms with Gasteiger partial charge < -0.3 is 14.6 Å². The van der Waals surface area contributed by atoms with Crippen molar-refractivity contribution in [2.45, 2.75) is 13.5 Å². The maximum atomic E-state index is 14.2. The number of nitrogens with zero attached hydrogens (tertiary/aromatic N) is 3. The maximum Gasteiger partial charge on any atom is 0.222 e. The molecule has 7 heteroatoms. The zero-order valence-corrected chi connectivity index (χ0v) is 13.6. The number of fused-ring (bicyclic) bond motifs is 1. The van der Waals surface area contributed by atoms with Gasteiger partial charge in [0.05, 0.1) is 24.2 Å². The molecule has 0 aromatic carbocycles. The number of anilines is 1. The lowest BCUT2D eigenvalue weighted by atomic mass is 10.3. The zero-order valence-electron chi connectivity index (χ0n) is 12.8. The van der Waals surface area contributed by atoms with E-state index in [4.69, 9.17) is 16.3 Å². The summed E-state index contributed by atoms with van der Waals surface area (Å²) in [5, 5.41) is 4.36. The summed E-state index contributed by atoms with van der Waals surface area (Å²) < 4.78 is 21.3. The molecule has 0 fully saturated rings. The van der Waals surface area contributed by atoms with Gasteiger partial charge in [-0.15, -0.1) is 0 Å². The standard InChI is InChI=1S/C16H16ClFN4O/c1-10-7-12-15(13(18)9-21-16(12)23-2)22(10)6-5-19-11-3-4-20-14(17)8-11/h3-4,7-9H,5-6H2,1-2H3,(H,19,20). The number of rotatable bonds is 5. The van der Waals surface area contributed by atoms with Gasteiger partial charge in [-0.25, -0.2) is 14.4 Å². The summed E-state index contributed by atoms with van der Waals surface area (Å²) >= 11 is 5.85. The van der Waals surface area contributed by atoms with E-state index < -0.39 is 0 Å². The molecule has 0 saturated carbocycles. The van der Waals surface area contributed by atoms with E-state index in [2.05, 4.69) is 15.3 Å². The molecule has 1 N–H and O–H groups in total. The van der Waals surface area contributed by atoms with E-state index in [1.54, 1.807) is 12.3 Å². The summed E-state index contributed by atoms with van der Waals surface area (Å²) in [5.41, 5.74) is 2.32. The molecular formula is C16H16ClFN4O. The van der Waals surface area contributed by atoms with Crippen LogP contribution in [0.3, 0.4) is 0 Å². The molecule has 3 rings (SSSR count). The van der Waals surface area contributed by atoms with Crippen molar-refractivity contribution in [2.24, 2.45) is 0 Å². The van der Waals surface area contributed by atoms with Crippen LogP contribution in [0, 0.1) is 12.7 Å². The Bertz CT molecular complexity index is 849. The van der Waals surface area contributed by atoms with Crippen molar-refractivity contribution in [3.8, 4) is 5.88 Å². The van der Waals surface area contributed by atoms with Crippen LogP contribution in [0.15, 0.2) is 30.6 Å². The number of halogens is 2. The first kappa shape index (κ1) is 15.6. The molecular weight excluding hydrogens is 319 g/mol. The first-order valence-corrected chi connectivity index (χ1v) is 7.51. The van der Waals surface area contributed by atoms with Gasteiger partial charge >= 0.3 is 0 Å². The predicted molar refractivity (Wildman–Crippen MR) is 88.7 cm³/mol. The minimum atomic E-state index is -0.360. The zero-order chi connectivity index (χ0) is 16.4. The molecule has 3 heterocycles. The minimum Gasteiger partial charge on any atom is -0.481 e. The van der Waals surface area contributed by atoms with Crippen LogP contribution in [0.2, 0.25) is 5.15 Å². The SMILES string of the molecule is COc1ncc(F)c2c1cc(C)n2CCNc1ccnc(Cl)c1. The molecule has 120 valence electrons. The van der Waals surface area contributed by atoms with Crippen molar-refractivity contribution in [3.05, 3.63) is 47.3 Å². The van der Waals surface area contributed by atoms with Crippen molar-refractivity contribution in [3.63, 3.8) is 0 Å². The average molecular weight is 335 g/mol. The lowest BCUT2D eigenvalue weighted by Gasteiger charge is -2.11. The molecule has 0 atom stereocenters. The highest BCUT2D eigenvalue weighted by Gasteiger charge is 2.15. The Labute approximate surface area is 138 Å². The molecule has 0 saturated heterocycles. The third-order valence-corrected chi connectivity index (χ3v) is 3.85. The van der Waals surface area contributed by atoms with E-state index in [-0.39, 0.29) is 5.82 Å².